The normalized spacial score (nSPS) is 43.1. The van der Waals surface area contributed by atoms with Crippen molar-refractivity contribution in [2.24, 2.45) is 11.8 Å². The lowest BCUT2D eigenvalue weighted by atomic mass is 9.79. The predicted molar refractivity (Wildman–Crippen MR) is 247 cm³/mol. The molecule has 18 atom stereocenters. The van der Waals surface area contributed by atoms with E-state index in [4.69, 9.17) is 33.2 Å². The number of aliphatic hydroxyl groups is 5. The number of hydrogen-bond donors (Lipinski definition) is 5. The summed E-state index contributed by atoms with van der Waals surface area (Å²) in [7, 11) is 5.20. The molecule has 0 bridgehead atoms. The van der Waals surface area contributed by atoms with Gasteiger partial charge in [0, 0.05) is 63.3 Å². The molecule has 1 saturated carbocycles. The molecule has 0 unspecified atom stereocenters. The number of amides is 1. The SMILES string of the molecule is CC[C@H]1OC(=O)[C@H](C)[C@@H](O[C@H]2C[C@@](C)(OC)[C@@H](O)[C@H](C)O2)[C@H](C)[C@@H](O[C@@H]2O[C@H](C)C[C@H](N(C)CCc3cn(C[C@H]4CN(C5CCCC5)C(=O)O4)nn3)[C@H]2O)[C@](C)(O)CCN(C)[C@H](C)[C@@H](O)[C@]1(C)O. The summed E-state index contributed by atoms with van der Waals surface area (Å²) in [6.07, 6.45) is -3.08. The van der Waals surface area contributed by atoms with Crippen molar-refractivity contribution in [1.82, 2.24) is 29.7 Å². The molecule has 1 aromatic rings. The first-order valence-electron chi connectivity index (χ1n) is 25.0. The number of cyclic esters (lactones) is 2. The average molecular weight is 969 g/mol. The van der Waals surface area contributed by atoms with Gasteiger partial charge in [-0.3, -0.25) is 4.79 Å². The van der Waals surface area contributed by atoms with Crippen molar-refractivity contribution >= 4 is 12.1 Å². The summed E-state index contributed by atoms with van der Waals surface area (Å²) in [4.78, 5) is 32.7. The van der Waals surface area contributed by atoms with Crippen LogP contribution in [-0.4, -0.2) is 211 Å². The van der Waals surface area contributed by atoms with Crippen molar-refractivity contribution in [3.05, 3.63) is 11.9 Å². The Morgan fingerprint density at radius 3 is 2.32 bits per heavy atom. The summed E-state index contributed by atoms with van der Waals surface area (Å²) in [5.41, 5.74) is -3.81. The lowest BCUT2D eigenvalue weighted by Gasteiger charge is -2.49. The van der Waals surface area contributed by atoms with Gasteiger partial charge in [-0.15, -0.1) is 5.10 Å². The fourth-order valence-electron chi connectivity index (χ4n) is 11.2. The van der Waals surface area contributed by atoms with E-state index in [0.29, 0.717) is 32.5 Å². The van der Waals surface area contributed by atoms with Gasteiger partial charge in [-0.05, 0) is 94.7 Å². The molecule has 68 heavy (non-hydrogen) atoms. The van der Waals surface area contributed by atoms with Crippen LogP contribution in [0.1, 0.15) is 119 Å². The standard InChI is InChI=1S/C48H84N6O14/c1-13-36-48(9,61)40(56)30(5)51(10)21-19-46(7,60)42(28(3)39(29(4)43(58)66-36)67-37-23-47(8,62-12)41(57)31(6)64-37)68-44-38(55)35(22-27(2)63-44)52(11)20-18-32-24-53(50-49-32)25-34-26-54(45(59)65-34)33-16-14-15-17-33/h24,27-31,33-42,44,55-57,60-61H,13-23,25-26H2,1-12H3/t27-,28+,29-,30-,31+,34+,35+,36-,37+,38-,39+,40-,41+,42-,44+,46-,47-,48-/m1/s1. The Balaban J connectivity index is 1.22. The van der Waals surface area contributed by atoms with Gasteiger partial charge in [-0.2, -0.15) is 0 Å². The van der Waals surface area contributed by atoms with Gasteiger partial charge < -0.3 is 73.4 Å². The van der Waals surface area contributed by atoms with Gasteiger partial charge >= 0.3 is 12.1 Å². The van der Waals surface area contributed by atoms with Crippen LogP contribution in [0.15, 0.2) is 6.20 Å². The van der Waals surface area contributed by atoms with Crippen LogP contribution in [0.2, 0.25) is 0 Å². The van der Waals surface area contributed by atoms with Crippen LogP contribution in [0.3, 0.4) is 0 Å². The van der Waals surface area contributed by atoms with Crippen LogP contribution in [0.5, 0.6) is 0 Å². The highest BCUT2D eigenvalue weighted by Gasteiger charge is 2.53. The molecule has 5 fully saturated rings. The topological polar surface area (TPSA) is 240 Å². The molecule has 1 aliphatic carbocycles. The number of esters is 1. The maximum absolute atomic E-state index is 14.4. The number of hydrogen-bond acceptors (Lipinski definition) is 18. The molecule has 20 nitrogen and oxygen atoms in total. The van der Waals surface area contributed by atoms with Crippen LogP contribution < -0.4 is 0 Å². The minimum Gasteiger partial charge on any atom is -0.459 e. The minimum atomic E-state index is -1.84. The largest absolute Gasteiger partial charge is 0.459 e. The molecule has 1 aromatic heterocycles. The highest BCUT2D eigenvalue weighted by molar-refractivity contribution is 5.73. The van der Waals surface area contributed by atoms with E-state index in [1.807, 2.05) is 34.9 Å². The van der Waals surface area contributed by atoms with Gasteiger partial charge in [0.2, 0.25) is 0 Å². The van der Waals surface area contributed by atoms with Gasteiger partial charge in [-0.1, -0.05) is 31.9 Å². The van der Waals surface area contributed by atoms with E-state index in [1.165, 1.54) is 14.0 Å². The van der Waals surface area contributed by atoms with Crippen molar-refractivity contribution in [1.29, 1.82) is 0 Å². The van der Waals surface area contributed by atoms with E-state index < -0.39 is 102 Å². The van der Waals surface area contributed by atoms with E-state index in [2.05, 4.69) is 10.3 Å². The molecule has 4 saturated heterocycles. The molecule has 5 heterocycles. The number of methoxy groups -OCH3 is 1. The maximum atomic E-state index is 14.4. The number of nitrogens with zero attached hydrogens (tertiary/aromatic N) is 6. The minimum absolute atomic E-state index is 0.102. The molecule has 0 aromatic carbocycles. The quantitative estimate of drug-likeness (QED) is 0.178. The number of likely N-dealkylation sites (N-methyl/N-ethyl adjacent to an activating group) is 2. The summed E-state index contributed by atoms with van der Waals surface area (Å²) in [6.45, 7) is 17.1. The first-order valence-corrected chi connectivity index (χ1v) is 25.0. The van der Waals surface area contributed by atoms with Crippen LogP contribution >= 0.6 is 0 Å². The average Bonchev–Trinajstić information content (AvgIpc) is 4.08. The molecule has 0 radical (unpaired) electrons. The molecular formula is C48H84N6O14. The summed E-state index contributed by atoms with van der Waals surface area (Å²) in [5.74, 6) is -2.58. The van der Waals surface area contributed by atoms with Crippen LogP contribution in [0.25, 0.3) is 0 Å². The highest BCUT2D eigenvalue weighted by atomic mass is 16.7. The van der Waals surface area contributed by atoms with Crippen molar-refractivity contribution in [3.63, 3.8) is 0 Å². The molecule has 390 valence electrons. The molecular weight excluding hydrogens is 885 g/mol. The van der Waals surface area contributed by atoms with Crippen molar-refractivity contribution in [2.75, 3.05) is 40.8 Å². The molecule has 1 amide bonds. The molecule has 6 rings (SSSR count). The van der Waals surface area contributed by atoms with E-state index in [1.54, 1.807) is 60.2 Å². The zero-order chi connectivity index (χ0) is 50.0. The summed E-state index contributed by atoms with van der Waals surface area (Å²) in [6, 6.07) is -0.807. The third kappa shape index (κ3) is 12.2. The summed E-state index contributed by atoms with van der Waals surface area (Å²) in [5, 5.41) is 67.9. The number of rotatable bonds is 13. The van der Waals surface area contributed by atoms with Gasteiger partial charge in [0.05, 0.1) is 60.3 Å². The third-order valence-corrected chi connectivity index (χ3v) is 16.1. The number of carbonyl (C=O) groups is 2. The third-order valence-electron chi connectivity index (χ3n) is 16.1. The Hall–Kier alpha value is -2.60. The molecule has 0 spiro atoms. The fraction of sp³-hybridized carbons (Fsp3) is 0.917. The second kappa shape index (κ2) is 22.4. The number of carbonyl (C=O) groups excluding carboxylic acids is 2. The van der Waals surface area contributed by atoms with Crippen molar-refractivity contribution in [3.8, 4) is 0 Å². The van der Waals surface area contributed by atoms with Crippen molar-refractivity contribution < 1.29 is 68.3 Å². The van der Waals surface area contributed by atoms with E-state index in [0.717, 1.165) is 31.4 Å². The number of aromatic nitrogens is 3. The first kappa shape index (κ1) is 54.7. The molecule has 4 aliphatic heterocycles. The second-order valence-electron chi connectivity index (χ2n) is 21.4. The highest BCUT2D eigenvalue weighted by Crippen LogP contribution is 2.40. The van der Waals surface area contributed by atoms with E-state index >= 15 is 0 Å². The Bertz CT molecular complexity index is 1800. The zero-order valence-corrected chi connectivity index (χ0v) is 42.6. The molecule has 5 N–H and O–H groups in total. The van der Waals surface area contributed by atoms with Gasteiger partial charge in [0.25, 0.3) is 0 Å². The smallest absolute Gasteiger partial charge is 0.410 e. The van der Waals surface area contributed by atoms with Gasteiger partial charge in [0.1, 0.15) is 36.1 Å². The van der Waals surface area contributed by atoms with Gasteiger partial charge in [0.15, 0.2) is 12.6 Å². The van der Waals surface area contributed by atoms with Crippen LogP contribution in [-0.2, 0) is 50.9 Å². The molecule has 5 aliphatic rings. The van der Waals surface area contributed by atoms with Crippen LogP contribution in [0, 0.1) is 11.8 Å². The second-order valence-corrected chi connectivity index (χ2v) is 21.4. The zero-order valence-electron chi connectivity index (χ0n) is 42.6. The van der Waals surface area contributed by atoms with E-state index in [9.17, 15) is 35.1 Å². The van der Waals surface area contributed by atoms with E-state index in [-0.39, 0.29) is 50.2 Å². The lowest BCUT2D eigenvalue weighted by molar-refractivity contribution is -0.318. The first-order chi connectivity index (χ1) is 31.9. The Kier molecular flexibility index (Phi) is 18.1. The Labute approximate surface area is 402 Å². The fourth-order valence-corrected chi connectivity index (χ4v) is 11.2. The summed E-state index contributed by atoms with van der Waals surface area (Å²) >= 11 is 0. The number of aliphatic hydroxyl groups excluding tert-OH is 3. The summed E-state index contributed by atoms with van der Waals surface area (Å²) < 4.78 is 45.4. The lowest BCUT2D eigenvalue weighted by Crippen LogP contribution is -2.62. The van der Waals surface area contributed by atoms with Crippen LogP contribution in [0.4, 0.5) is 4.79 Å². The molecule has 20 heteroatoms. The van der Waals surface area contributed by atoms with Gasteiger partial charge in [-0.25, -0.2) is 9.48 Å². The Morgan fingerprint density at radius 2 is 1.66 bits per heavy atom. The monoisotopic (exact) mass is 969 g/mol. The predicted octanol–water partition coefficient (Wildman–Crippen LogP) is 2.23. The maximum Gasteiger partial charge on any atom is 0.410 e. The Morgan fingerprint density at radius 1 is 0.971 bits per heavy atom. The number of ether oxygens (including phenoxy) is 7. The van der Waals surface area contributed by atoms with Crippen molar-refractivity contribution in [2.45, 2.75) is 229 Å².